The third-order valence-corrected chi connectivity index (χ3v) is 3.60. The van der Waals surface area contributed by atoms with Crippen LogP contribution in [0, 0.1) is 5.82 Å². The summed E-state index contributed by atoms with van der Waals surface area (Å²) in [5.74, 6) is -0.258. The Hall–Kier alpha value is -1.32. The zero-order valence-corrected chi connectivity index (χ0v) is 12.6. The van der Waals surface area contributed by atoms with Gasteiger partial charge in [-0.25, -0.2) is 4.39 Å². The molecule has 1 unspecified atom stereocenters. The third-order valence-electron chi connectivity index (χ3n) is 3.36. The average molecular weight is 295 g/mol. The van der Waals surface area contributed by atoms with E-state index in [1.54, 1.807) is 12.1 Å². The van der Waals surface area contributed by atoms with Gasteiger partial charge >= 0.3 is 0 Å². The molecular formula is C16H20ClFN2. The van der Waals surface area contributed by atoms with E-state index in [-0.39, 0.29) is 11.9 Å². The number of halogens is 2. The molecule has 0 aliphatic heterocycles. The van der Waals surface area contributed by atoms with Crippen LogP contribution in [-0.4, -0.2) is 11.1 Å². The van der Waals surface area contributed by atoms with Crippen LogP contribution in [0.1, 0.15) is 37.6 Å². The maximum Gasteiger partial charge on any atom is 0.129 e. The molecule has 1 heterocycles. The van der Waals surface area contributed by atoms with Crippen molar-refractivity contribution in [3.05, 3.63) is 58.6 Å². The van der Waals surface area contributed by atoms with Crippen molar-refractivity contribution in [1.82, 2.24) is 9.88 Å². The quantitative estimate of drug-likeness (QED) is 0.836. The maximum atomic E-state index is 13.9. The molecule has 1 aromatic carbocycles. The fraction of sp³-hybridized carbons (Fsp3) is 0.375. The first kappa shape index (κ1) is 15.1. The van der Waals surface area contributed by atoms with Crippen LogP contribution in [0.5, 0.6) is 0 Å². The van der Waals surface area contributed by atoms with E-state index in [1.807, 2.05) is 12.3 Å². The number of benzene rings is 1. The minimum Gasteiger partial charge on any atom is -0.345 e. The molecule has 0 radical (unpaired) electrons. The Morgan fingerprint density at radius 3 is 2.85 bits per heavy atom. The molecule has 0 bridgehead atoms. The lowest BCUT2D eigenvalue weighted by Crippen LogP contribution is -2.22. The van der Waals surface area contributed by atoms with Gasteiger partial charge in [-0.2, -0.15) is 0 Å². The number of rotatable bonds is 6. The predicted octanol–water partition coefficient (Wildman–Crippen LogP) is 4.39. The van der Waals surface area contributed by atoms with Crippen LogP contribution in [0.3, 0.4) is 0 Å². The van der Waals surface area contributed by atoms with Crippen LogP contribution in [0.15, 0.2) is 36.5 Å². The van der Waals surface area contributed by atoms with E-state index in [1.165, 1.54) is 6.07 Å². The van der Waals surface area contributed by atoms with Crippen LogP contribution >= 0.6 is 11.6 Å². The normalized spacial score (nSPS) is 12.6. The highest BCUT2D eigenvalue weighted by Gasteiger charge is 2.11. The Morgan fingerprint density at radius 1 is 1.35 bits per heavy atom. The monoisotopic (exact) mass is 294 g/mol. The number of nitrogens with one attached hydrogen (secondary N) is 1. The summed E-state index contributed by atoms with van der Waals surface area (Å²) in [4.78, 5) is 0. The van der Waals surface area contributed by atoms with Gasteiger partial charge in [-0.1, -0.05) is 24.6 Å². The van der Waals surface area contributed by atoms with E-state index in [9.17, 15) is 4.39 Å². The fourth-order valence-corrected chi connectivity index (χ4v) is 2.42. The second-order valence-corrected chi connectivity index (χ2v) is 5.41. The Morgan fingerprint density at radius 2 is 2.15 bits per heavy atom. The van der Waals surface area contributed by atoms with Gasteiger partial charge in [-0.3, -0.25) is 0 Å². The Kier molecular flexibility index (Phi) is 5.21. The minimum atomic E-state index is -0.258. The number of aromatic nitrogens is 1. The van der Waals surface area contributed by atoms with Crippen molar-refractivity contribution in [2.24, 2.45) is 0 Å². The lowest BCUT2D eigenvalue weighted by molar-refractivity contribution is 0.529. The molecule has 0 aliphatic rings. The molecule has 108 valence electrons. The highest BCUT2D eigenvalue weighted by molar-refractivity contribution is 6.30. The van der Waals surface area contributed by atoms with Crippen molar-refractivity contribution in [2.45, 2.75) is 32.9 Å². The smallest absolute Gasteiger partial charge is 0.129 e. The van der Waals surface area contributed by atoms with E-state index < -0.39 is 0 Å². The molecule has 20 heavy (non-hydrogen) atoms. The van der Waals surface area contributed by atoms with Gasteiger partial charge in [-0.15, -0.1) is 0 Å². The van der Waals surface area contributed by atoms with Gasteiger partial charge < -0.3 is 9.88 Å². The molecule has 2 aromatic rings. The van der Waals surface area contributed by atoms with Crippen molar-refractivity contribution in [2.75, 3.05) is 6.54 Å². The maximum absolute atomic E-state index is 13.9. The van der Waals surface area contributed by atoms with Crippen LogP contribution < -0.4 is 5.32 Å². The number of nitrogens with zero attached hydrogens (tertiary/aromatic N) is 1. The lowest BCUT2D eigenvalue weighted by Gasteiger charge is -2.17. The van der Waals surface area contributed by atoms with Gasteiger partial charge in [0.2, 0.25) is 0 Å². The predicted molar refractivity (Wildman–Crippen MR) is 81.7 cm³/mol. The van der Waals surface area contributed by atoms with Gasteiger partial charge in [0.25, 0.3) is 0 Å². The van der Waals surface area contributed by atoms with Crippen LogP contribution in [0.2, 0.25) is 5.02 Å². The van der Waals surface area contributed by atoms with Crippen molar-refractivity contribution >= 4 is 11.6 Å². The summed E-state index contributed by atoms with van der Waals surface area (Å²) in [5, 5.41) is 3.88. The Balaban J connectivity index is 2.16. The Bertz CT molecular complexity index is 565. The zero-order valence-electron chi connectivity index (χ0n) is 11.9. The standard InChI is InChI=1S/C16H20ClFN2/c1-3-8-19-12(2)16-5-4-9-20(16)11-13-6-7-14(17)10-15(13)18/h4-7,9-10,12,19H,3,8,11H2,1-2H3. The second-order valence-electron chi connectivity index (χ2n) is 4.97. The molecule has 4 heteroatoms. The van der Waals surface area contributed by atoms with Gasteiger partial charge in [0.15, 0.2) is 0 Å². The van der Waals surface area contributed by atoms with Gasteiger partial charge in [0.05, 0.1) is 6.54 Å². The van der Waals surface area contributed by atoms with Gasteiger partial charge in [-0.05, 0) is 44.2 Å². The number of hydrogen-bond acceptors (Lipinski definition) is 1. The molecule has 0 amide bonds. The lowest BCUT2D eigenvalue weighted by atomic mass is 10.2. The van der Waals surface area contributed by atoms with E-state index in [4.69, 9.17) is 11.6 Å². The van der Waals surface area contributed by atoms with Crippen LogP contribution in [0.4, 0.5) is 4.39 Å². The first-order chi connectivity index (χ1) is 9.61. The zero-order chi connectivity index (χ0) is 14.5. The third kappa shape index (κ3) is 3.62. The summed E-state index contributed by atoms with van der Waals surface area (Å²) >= 11 is 5.78. The average Bonchev–Trinajstić information content (AvgIpc) is 2.87. The van der Waals surface area contributed by atoms with E-state index in [2.05, 4.69) is 29.8 Å². The highest BCUT2D eigenvalue weighted by Crippen LogP contribution is 2.19. The van der Waals surface area contributed by atoms with Crippen LogP contribution in [0.25, 0.3) is 0 Å². The van der Waals surface area contributed by atoms with E-state index in [0.29, 0.717) is 17.1 Å². The summed E-state index contributed by atoms with van der Waals surface area (Å²) in [7, 11) is 0. The molecule has 0 saturated carbocycles. The van der Waals surface area contributed by atoms with Crippen LogP contribution in [-0.2, 0) is 6.54 Å². The first-order valence-corrected chi connectivity index (χ1v) is 7.32. The molecule has 1 aromatic heterocycles. The molecule has 0 aliphatic carbocycles. The largest absolute Gasteiger partial charge is 0.345 e. The summed E-state index contributed by atoms with van der Waals surface area (Å²) in [6.45, 7) is 5.76. The van der Waals surface area contributed by atoms with Gasteiger partial charge in [0, 0.05) is 28.5 Å². The Labute approximate surface area is 124 Å². The summed E-state index contributed by atoms with van der Waals surface area (Å²) in [6.07, 6.45) is 3.07. The molecule has 2 rings (SSSR count). The molecule has 1 atom stereocenters. The summed E-state index contributed by atoms with van der Waals surface area (Å²) in [6, 6.07) is 9.14. The van der Waals surface area contributed by atoms with Crippen molar-refractivity contribution in [3.8, 4) is 0 Å². The molecule has 0 spiro atoms. The highest BCUT2D eigenvalue weighted by atomic mass is 35.5. The molecule has 0 saturated heterocycles. The van der Waals surface area contributed by atoms with Gasteiger partial charge in [0.1, 0.15) is 5.82 Å². The minimum absolute atomic E-state index is 0.250. The van der Waals surface area contributed by atoms with Crippen molar-refractivity contribution in [3.63, 3.8) is 0 Å². The fourth-order valence-electron chi connectivity index (χ4n) is 2.26. The molecule has 2 nitrogen and oxygen atoms in total. The van der Waals surface area contributed by atoms with E-state index in [0.717, 1.165) is 18.7 Å². The SMILES string of the molecule is CCCNC(C)c1cccn1Cc1ccc(Cl)cc1F. The van der Waals surface area contributed by atoms with Crippen molar-refractivity contribution in [1.29, 1.82) is 0 Å². The second kappa shape index (κ2) is 6.91. The number of hydrogen-bond donors (Lipinski definition) is 1. The van der Waals surface area contributed by atoms with Crippen molar-refractivity contribution < 1.29 is 4.39 Å². The van der Waals surface area contributed by atoms with E-state index >= 15 is 0 Å². The molecule has 1 N–H and O–H groups in total. The first-order valence-electron chi connectivity index (χ1n) is 6.94. The molecular weight excluding hydrogens is 275 g/mol. The summed E-state index contributed by atoms with van der Waals surface area (Å²) in [5.41, 5.74) is 1.81. The topological polar surface area (TPSA) is 17.0 Å². The molecule has 0 fully saturated rings. The summed E-state index contributed by atoms with van der Waals surface area (Å²) < 4.78 is 15.9.